The first-order valence-corrected chi connectivity index (χ1v) is 35.2. The van der Waals surface area contributed by atoms with E-state index in [9.17, 15) is 45.6 Å². The molecule has 0 spiro atoms. The molecule has 2 aliphatic heterocycles. The van der Waals surface area contributed by atoms with Gasteiger partial charge in [0.1, 0.15) is 48.8 Å². The number of amides is 1. The molecule has 0 aliphatic carbocycles. The second kappa shape index (κ2) is 55.3. The number of hydrogen-bond acceptors (Lipinski definition) is 13. The monoisotopic (exact) mass is 1190 g/mol. The summed E-state index contributed by atoms with van der Waals surface area (Å²) in [7, 11) is 0. The van der Waals surface area contributed by atoms with Crippen LogP contribution in [0.25, 0.3) is 0 Å². The zero-order chi connectivity index (χ0) is 60.9. The van der Waals surface area contributed by atoms with Crippen molar-refractivity contribution < 1.29 is 64.6 Å². The highest BCUT2D eigenvalue weighted by Gasteiger charge is 2.51. The Morgan fingerprint density at radius 1 is 0.429 bits per heavy atom. The molecule has 12 unspecified atom stereocenters. The summed E-state index contributed by atoms with van der Waals surface area (Å²) in [6.45, 7) is 2.89. The van der Waals surface area contributed by atoms with Crippen molar-refractivity contribution in [3.8, 4) is 0 Å². The molecule has 14 heteroatoms. The molecule has 84 heavy (non-hydrogen) atoms. The van der Waals surface area contributed by atoms with Gasteiger partial charge in [0.05, 0.1) is 32.0 Å². The highest BCUT2D eigenvalue weighted by Crippen LogP contribution is 2.30. The minimum Gasteiger partial charge on any atom is -0.394 e. The van der Waals surface area contributed by atoms with Crippen molar-refractivity contribution >= 4 is 5.91 Å². The van der Waals surface area contributed by atoms with Gasteiger partial charge in [0.2, 0.25) is 5.91 Å². The van der Waals surface area contributed by atoms with Crippen LogP contribution in [0.15, 0.2) is 36.5 Å². The largest absolute Gasteiger partial charge is 0.394 e. The maximum atomic E-state index is 13.4. The molecule has 14 nitrogen and oxygen atoms in total. The SMILES string of the molecule is CCCCCCC/C=C\C/C=C\C/C=C\CCCCCCCCCCCCCCCCC(=O)NC(COC1OC(CO)C(OC2OC(CO)C(O)C(O)C2O)C(O)C1O)C(O)CCCCCCCCCCCCCCCCCCCCCCC. The molecule has 494 valence electrons. The second-order valence-corrected chi connectivity index (χ2v) is 25.0. The fourth-order valence-electron chi connectivity index (χ4n) is 11.7. The number of ether oxygens (including phenoxy) is 4. The van der Waals surface area contributed by atoms with Gasteiger partial charge in [-0.15, -0.1) is 0 Å². The molecule has 2 saturated heterocycles. The molecule has 9 N–H and O–H groups in total. The van der Waals surface area contributed by atoms with Crippen LogP contribution in [0.2, 0.25) is 0 Å². The molecule has 2 aliphatic rings. The van der Waals surface area contributed by atoms with Crippen molar-refractivity contribution in [2.75, 3.05) is 19.8 Å². The third-order valence-electron chi connectivity index (χ3n) is 17.4. The first-order chi connectivity index (χ1) is 41.1. The smallest absolute Gasteiger partial charge is 0.220 e. The zero-order valence-corrected chi connectivity index (χ0v) is 53.7. The molecule has 2 fully saturated rings. The van der Waals surface area contributed by atoms with Crippen LogP contribution in [-0.2, 0) is 23.7 Å². The lowest BCUT2D eigenvalue weighted by Gasteiger charge is -2.46. The number of carbonyl (C=O) groups excluding carboxylic acids is 1. The van der Waals surface area contributed by atoms with E-state index in [0.717, 1.165) is 64.2 Å². The Hall–Kier alpha value is -1.79. The fraction of sp³-hybridized carbons (Fsp3) is 0.900. The van der Waals surface area contributed by atoms with Gasteiger partial charge in [0, 0.05) is 6.42 Å². The van der Waals surface area contributed by atoms with Crippen LogP contribution in [0, 0.1) is 0 Å². The first-order valence-electron chi connectivity index (χ1n) is 35.2. The lowest BCUT2D eigenvalue weighted by Crippen LogP contribution is -2.65. The summed E-state index contributed by atoms with van der Waals surface area (Å²) in [6.07, 6.45) is 52.9. The number of aliphatic hydroxyl groups is 8. The predicted octanol–water partition coefficient (Wildman–Crippen LogP) is 14.1. The molecular weight excluding hydrogens is 1060 g/mol. The molecule has 2 rings (SSSR count). The number of nitrogens with one attached hydrogen (secondary N) is 1. The quantitative estimate of drug-likeness (QED) is 0.0204. The minimum absolute atomic E-state index is 0.203. The number of unbranched alkanes of at least 4 members (excludes halogenated alkanes) is 39. The highest BCUT2D eigenvalue weighted by atomic mass is 16.7. The van der Waals surface area contributed by atoms with Gasteiger partial charge in [-0.25, -0.2) is 0 Å². The summed E-state index contributed by atoms with van der Waals surface area (Å²) in [6, 6.07) is -0.830. The van der Waals surface area contributed by atoms with E-state index in [0.29, 0.717) is 12.8 Å². The normalized spacial score (nSPS) is 23.8. The van der Waals surface area contributed by atoms with Crippen molar-refractivity contribution in [3.63, 3.8) is 0 Å². The molecule has 1 amide bonds. The third-order valence-corrected chi connectivity index (χ3v) is 17.4. The number of rotatable bonds is 58. The van der Waals surface area contributed by atoms with Gasteiger partial charge in [-0.2, -0.15) is 0 Å². The molecule has 0 aromatic heterocycles. The van der Waals surface area contributed by atoms with Crippen LogP contribution in [0.3, 0.4) is 0 Å². The van der Waals surface area contributed by atoms with Gasteiger partial charge in [0.25, 0.3) is 0 Å². The van der Waals surface area contributed by atoms with Gasteiger partial charge in [-0.3, -0.25) is 4.79 Å². The Labute approximate surface area is 512 Å². The Balaban J connectivity index is 1.66. The molecule has 0 bridgehead atoms. The zero-order valence-electron chi connectivity index (χ0n) is 53.7. The summed E-state index contributed by atoms with van der Waals surface area (Å²) in [5.41, 5.74) is 0. The van der Waals surface area contributed by atoms with E-state index < -0.39 is 86.8 Å². The van der Waals surface area contributed by atoms with Crippen molar-refractivity contribution in [1.29, 1.82) is 0 Å². The van der Waals surface area contributed by atoms with Gasteiger partial charge in [-0.1, -0.05) is 288 Å². The summed E-state index contributed by atoms with van der Waals surface area (Å²) in [5.74, 6) is -0.203. The molecule has 0 aromatic rings. The topological polar surface area (TPSA) is 228 Å². The first kappa shape index (κ1) is 78.3. The van der Waals surface area contributed by atoms with E-state index >= 15 is 0 Å². The van der Waals surface area contributed by atoms with Crippen LogP contribution in [-0.4, -0.2) is 140 Å². The van der Waals surface area contributed by atoms with Gasteiger partial charge < -0.3 is 65.1 Å². The van der Waals surface area contributed by atoms with Crippen molar-refractivity contribution in [1.82, 2.24) is 5.32 Å². The summed E-state index contributed by atoms with van der Waals surface area (Å²) < 4.78 is 22.9. The number of hydrogen-bond donors (Lipinski definition) is 9. The van der Waals surface area contributed by atoms with Crippen LogP contribution in [0.1, 0.15) is 309 Å². The summed E-state index contributed by atoms with van der Waals surface area (Å²) >= 11 is 0. The van der Waals surface area contributed by atoms with Crippen molar-refractivity contribution in [2.45, 2.75) is 383 Å². The number of carbonyl (C=O) groups is 1. The average molecular weight is 1190 g/mol. The molecule has 0 saturated carbocycles. The van der Waals surface area contributed by atoms with Crippen LogP contribution in [0.4, 0.5) is 0 Å². The van der Waals surface area contributed by atoms with Gasteiger partial charge in [0.15, 0.2) is 12.6 Å². The Morgan fingerprint density at radius 2 is 0.786 bits per heavy atom. The van der Waals surface area contributed by atoms with Crippen LogP contribution in [0.5, 0.6) is 0 Å². The van der Waals surface area contributed by atoms with E-state index in [1.807, 2.05) is 0 Å². The molecular formula is C70H131NO13. The Bertz CT molecular complexity index is 1550. The molecule has 0 aromatic carbocycles. The van der Waals surface area contributed by atoms with Crippen molar-refractivity contribution in [3.05, 3.63) is 36.5 Å². The van der Waals surface area contributed by atoms with E-state index in [-0.39, 0.29) is 12.5 Å². The van der Waals surface area contributed by atoms with Crippen molar-refractivity contribution in [2.24, 2.45) is 0 Å². The Morgan fingerprint density at radius 3 is 1.20 bits per heavy atom. The predicted molar refractivity (Wildman–Crippen MR) is 341 cm³/mol. The average Bonchev–Trinajstić information content (AvgIpc) is 3.24. The molecule has 2 heterocycles. The van der Waals surface area contributed by atoms with E-state index in [2.05, 4.69) is 55.6 Å². The third kappa shape index (κ3) is 39.3. The fourth-order valence-corrected chi connectivity index (χ4v) is 11.7. The van der Waals surface area contributed by atoms with Crippen LogP contribution < -0.4 is 5.32 Å². The van der Waals surface area contributed by atoms with Gasteiger partial charge in [-0.05, 0) is 51.4 Å². The maximum Gasteiger partial charge on any atom is 0.220 e. The van der Waals surface area contributed by atoms with Crippen LogP contribution >= 0.6 is 0 Å². The molecule has 12 atom stereocenters. The molecule has 0 radical (unpaired) electrons. The lowest BCUT2D eigenvalue weighted by molar-refractivity contribution is -0.359. The Kier molecular flexibility index (Phi) is 51.5. The standard InChI is InChI=1S/C70H131NO13/c1-3-5-7-9-11-13-15-17-19-21-23-25-26-27-28-29-30-31-32-34-36-38-40-42-44-46-48-50-52-54-62(75)71-58(59(74)53-51-49-47-45-43-41-39-37-35-33-24-22-20-18-16-14-12-10-8-6-4-2)57-81-69-67(80)65(78)68(61(56-73)83-69)84-70-66(79)64(77)63(76)60(55-72)82-70/h15,17,21,23,26-27,58-61,63-70,72-74,76-80H,3-14,16,18-20,22,24-25,28-57H2,1-2H3,(H,71,75)/b17-15-,23-21-,27-26-. The van der Waals surface area contributed by atoms with E-state index in [1.54, 1.807) is 0 Å². The summed E-state index contributed by atoms with van der Waals surface area (Å²) in [4.78, 5) is 13.4. The van der Waals surface area contributed by atoms with E-state index in [1.165, 1.54) is 218 Å². The van der Waals surface area contributed by atoms with Gasteiger partial charge >= 0.3 is 0 Å². The van der Waals surface area contributed by atoms with E-state index in [4.69, 9.17) is 18.9 Å². The lowest BCUT2D eigenvalue weighted by atomic mass is 9.97. The second-order valence-electron chi connectivity index (χ2n) is 25.0. The summed E-state index contributed by atoms with van der Waals surface area (Å²) in [5, 5.41) is 87.6. The highest BCUT2D eigenvalue weighted by molar-refractivity contribution is 5.76. The minimum atomic E-state index is -1.78. The number of aliphatic hydroxyl groups excluding tert-OH is 8. The maximum absolute atomic E-state index is 13.4. The number of allylic oxidation sites excluding steroid dienone is 6.